The molecule has 2 saturated heterocycles. The average Bonchev–Trinajstić information content (AvgIpc) is 3.39. The summed E-state index contributed by atoms with van der Waals surface area (Å²) in [5, 5.41) is 4.31. The van der Waals surface area contributed by atoms with Crippen LogP contribution in [0.25, 0.3) is 11.7 Å². The summed E-state index contributed by atoms with van der Waals surface area (Å²) in [4.78, 5) is 11.6. The Hall–Kier alpha value is -2.47. The standard InChI is InChI=1S/C20H22N4O2/c1-12-18(25-13(2)21-12)20-22-19(23-26-20)15-11-17(14-7-4-3-5-8-14)24-10-6-9-16(15)24/h3-5,7-8,15-17H,6,9-11H2,1-2H3/t15-,16+,17-/m0/s1. The molecule has 0 bridgehead atoms. The van der Waals surface area contributed by atoms with Gasteiger partial charge in [-0.2, -0.15) is 4.98 Å². The second-order valence-electron chi connectivity index (χ2n) is 7.32. The van der Waals surface area contributed by atoms with Gasteiger partial charge in [-0.05, 0) is 38.3 Å². The Bertz CT molecular complexity index is 917. The molecule has 4 heterocycles. The molecular formula is C20H22N4O2. The van der Waals surface area contributed by atoms with Gasteiger partial charge in [0.05, 0.1) is 5.69 Å². The van der Waals surface area contributed by atoms with Crippen molar-refractivity contribution in [3.63, 3.8) is 0 Å². The van der Waals surface area contributed by atoms with Gasteiger partial charge in [-0.15, -0.1) is 0 Å². The first kappa shape index (κ1) is 15.8. The van der Waals surface area contributed by atoms with Gasteiger partial charge in [0.25, 0.3) is 5.89 Å². The molecule has 0 radical (unpaired) electrons. The van der Waals surface area contributed by atoms with E-state index in [0.29, 0.717) is 35.5 Å². The average molecular weight is 350 g/mol. The van der Waals surface area contributed by atoms with Crippen LogP contribution in [-0.4, -0.2) is 32.6 Å². The van der Waals surface area contributed by atoms with Gasteiger partial charge in [-0.1, -0.05) is 35.5 Å². The highest BCUT2D eigenvalue weighted by Crippen LogP contribution is 2.48. The quantitative estimate of drug-likeness (QED) is 0.710. The third kappa shape index (κ3) is 2.48. The normalized spacial score (nSPS) is 25.7. The van der Waals surface area contributed by atoms with E-state index in [9.17, 15) is 0 Å². The predicted molar refractivity (Wildman–Crippen MR) is 95.5 cm³/mol. The third-order valence-corrected chi connectivity index (χ3v) is 5.74. The lowest BCUT2D eigenvalue weighted by Crippen LogP contribution is -2.27. The van der Waals surface area contributed by atoms with Gasteiger partial charge in [-0.25, -0.2) is 4.98 Å². The maximum absolute atomic E-state index is 5.64. The zero-order valence-electron chi connectivity index (χ0n) is 15.1. The molecule has 3 atom stereocenters. The first-order chi connectivity index (χ1) is 12.7. The van der Waals surface area contributed by atoms with Crippen molar-refractivity contribution >= 4 is 0 Å². The molecule has 0 saturated carbocycles. The fraction of sp³-hybridized carbons (Fsp3) is 0.450. The van der Waals surface area contributed by atoms with Crippen LogP contribution in [0.1, 0.15) is 54.2 Å². The Balaban J connectivity index is 1.46. The van der Waals surface area contributed by atoms with Crippen molar-refractivity contribution in [1.29, 1.82) is 0 Å². The highest BCUT2D eigenvalue weighted by Gasteiger charge is 2.46. The van der Waals surface area contributed by atoms with E-state index in [2.05, 4.69) is 50.4 Å². The number of oxazole rings is 1. The van der Waals surface area contributed by atoms with Crippen LogP contribution in [0.15, 0.2) is 39.3 Å². The van der Waals surface area contributed by atoms with Crippen molar-refractivity contribution in [1.82, 2.24) is 20.0 Å². The lowest BCUT2D eigenvalue weighted by molar-refractivity contribution is 0.243. The van der Waals surface area contributed by atoms with Crippen LogP contribution in [0.3, 0.4) is 0 Å². The van der Waals surface area contributed by atoms with Crippen molar-refractivity contribution in [2.45, 2.75) is 51.1 Å². The van der Waals surface area contributed by atoms with Crippen LogP contribution in [0.4, 0.5) is 0 Å². The van der Waals surface area contributed by atoms with Gasteiger partial charge < -0.3 is 8.94 Å². The number of benzene rings is 1. The smallest absolute Gasteiger partial charge is 0.295 e. The molecule has 2 aliphatic rings. The van der Waals surface area contributed by atoms with Crippen molar-refractivity contribution in [2.75, 3.05) is 6.54 Å². The van der Waals surface area contributed by atoms with Crippen molar-refractivity contribution in [3.8, 4) is 11.7 Å². The second kappa shape index (κ2) is 6.06. The molecule has 2 aromatic heterocycles. The molecule has 0 aliphatic carbocycles. The van der Waals surface area contributed by atoms with E-state index >= 15 is 0 Å². The zero-order valence-corrected chi connectivity index (χ0v) is 15.1. The van der Waals surface area contributed by atoms with Crippen LogP contribution >= 0.6 is 0 Å². The van der Waals surface area contributed by atoms with Gasteiger partial charge in [0, 0.05) is 24.9 Å². The first-order valence-corrected chi connectivity index (χ1v) is 9.29. The summed E-state index contributed by atoms with van der Waals surface area (Å²) >= 11 is 0. The number of aromatic nitrogens is 3. The summed E-state index contributed by atoms with van der Waals surface area (Å²) in [6.07, 6.45) is 3.45. The van der Waals surface area contributed by atoms with E-state index in [0.717, 1.165) is 24.5 Å². The number of aryl methyl sites for hydroxylation is 2. The molecular weight excluding hydrogens is 328 g/mol. The molecule has 0 spiro atoms. The van der Waals surface area contributed by atoms with Gasteiger partial charge in [0.2, 0.25) is 5.76 Å². The molecule has 1 aromatic carbocycles. The van der Waals surface area contributed by atoms with E-state index in [1.165, 1.54) is 18.4 Å². The molecule has 26 heavy (non-hydrogen) atoms. The maximum atomic E-state index is 5.64. The minimum atomic E-state index is 0.296. The molecule has 0 unspecified atom stereocenters. The maximum Gasteiger partial charge on any atom is 0.295 e. The largest absolute Gasteiger partial charge is 0.436 e. The third-order valence-electron chi connectivity index (χ3n) is 5.74. The van der Waals surface area contributed by atoms with E-state index in [1.54, 1.807) is 0 Å². The van der Waals surface area contributed by atoms with Crippen molar-refractivity contribution in [3.05, 3.63) is 53.3 Å². The van der Waals surface area contributed by atoms with Crippen molar-refractivity contribution in [2.24, 2.45) is 0 Å². The lowest BCUT2D eigenvalue weighted by atomic mass is 9.94. The molecule has 6 nitrogen and oxygen atoms in total. The Morgan fingerprint density at radius 3 is 2.73 bits per heavy atom. The monoisotopic (exact) mass is 350 g/mol. The van der Waals surface area contributed by atoms with E-state index in [1.807, 2.05) is 13.8 Å². The molecule has 0 N–H and O–H groups in total. The molecule has 6 heteroatoms. The summed E-state index contributed by atoms with van der Waals surface area (Å²) in [6, 6.07) is 11.7. The molecule has 2 aliphatic heterocycles. The van der Waals surface area contributed by atoms with Crippen LogP contribution < -0.4 is 0 Å². The number of nitrogens with zero attached hydrogens (tertiary/aromatic N) is 4. The Morgan fingerprint density at radius 2 is 1.96 bits per heavy atom. The number of fused-ring (bicyclic) bond motifs is 1. The minimum Gasteiger partial charge on any atom is -0.436 e. The zero-order chi connectivity index (χ0) is 17.7. The highest BCUT2D eigenvalue weighted by molar-refractivity contribution is 5.47. The Labute approximate surface area is 152 Å². The first-order valence-electron chi connectivity index (χ1n) is 9.29. The van der Waals surface area contributed by atoms with Crippen LogP contribution in [0.5, 0.6) is 0 Å². The summed E-state index contributed by atoms with van der Waals surface area (Å²) in [5.74, 6) is 2.73. The van der Waals surface area contributed by atoms with Crippen molar-refractivity contribution < 1.29 is 8.94 Å². The van der Waals surface area contributed by atoms with E-state index < -0.39 is 0 Å². The van der Waals surface area contributed by atoms with Gasteiger partial charge in [-0.3, -0.25) is 4.90 Å². The summed E-state index contributed by atoms with van der Waals surface area (Å²) < 4.78 is 11.2. The molecule has 3 aromatic rings. The number of rotatable bonds is 3. The van der Waals surface area contributed by atoms with Gasteiger partial charge >= 0.3 is 0 Å². The number of hydrogen-bond acceptors (Lipinski definition) is 6. The second-order valence-corrected chi connectivity index (χ2v) is 7.32. The molecule has 134 valence electrons. The van der Waals surface area contributed by atoms with E-state index in [-0.39, 0.29) is 0 Å². The van der Waals surface area contributed by atoms with Crippen LogP contribution in [0, 0.1) is 13.8 Å². The molecule has 2 fully saturated rings. The fourth-order valence-corrected chi connectivity index (χ4v) is 4.65. The SMILES string of the molecule is Cc1nc(C)c(-c2nc([C@H]3C[C@@H](c4ccccc4)N4CCC[C@H]34)no2)o1. The Morgan fingerprint density at radius 1 is 1.12 bits per heavy atom. The predicted octanol–water partition coefficient (Wildman–Crippen LogP) is 4.03. The lowest BCUT2D eigenvalue weighted by Gasteiger charge is -2.24. The minimum absolute atomic E-state index is 0.296. The van der Waals surface area contributed by atoms with Gasteiger partial charge in [0.15, 0.2) is 11.7 Å². The summed E-state index contributed by atoms with van der Waals surface area (Å²) in [5.41, 5.74) is 2.17. The summed E-state index contributed by atoms with van der Waals surface area (Å²) in [7, 11) is 0. The Kier molecular flexibility index (Phi) is 3.67. The highest BCUT2D eigenvalue weighted by atomic mass is 16.5. The number of hydrogen-bond donors (Lipinski definition) is 0. The molecule has 5 rings (SSSR count). The van der Waals surface area contributed by atoms with Crippen LogP contribution in [0.2, 0.25) is 0 Å². The van der Waals surface area contributed by atoms with Crippen LogP contribution in [-0.2, 0) is 0 Å². The fourth-order valence-electron chi connectivity index (χ4n) is 4.65. The topological polar surface area (TPSA) is 68.2 Å². The summed E-state index contributed by atoms with van der Waals surface area (Å²) in [6.45, 7) is 4.87. The van der Waals surface area contributed by atoms with Gasteiger partial charge in [0.1, 0.15) is 0 Å². The van der Waals surface area contributed by atoms with E-state index in [4.69, 9.17) is 8.94 Å². The molecule has 0 amide bonds.